The summed E-state index contributed by atoms with van der Waals surface area (Å²) in [6.45, 7) is 6.38. The van der Waals surface area contributed by atoms with Gasteiger partial charge in [0.15, 0.2) is 0 Å². The number of fused-ring (bicyclic) bond motifs is 5. The van der Waals surface area contributed by atoms with Gasteiger partial charge in [-0.15, -0.1) is 0 Å². The lowest BCUT2D eigenvalue weighted by Crippen LogP contribution is -2.44. The molecule has 4 aromatic rings. The molecule has 0 spiro atoms. The average molecular weight is 331 g/mol. The van der Waals surface area contributed by atoms with Crippen LogP contribution in [0.15, 0.2) is 42.5 Å². The summed E-state index contributed by atoms with van der Waals surface area (Å²) < 4.78 is 2.19. The minimum Gasteiger partial charge on any atom is -0.368 e. The van der Waals surface area contributed by atoms with Crippen molar-refractivity contribution in [1.29, 1.82) is 0 Å². The third kappa shape index (κ3) is 2.27. The summed E-state index contributed by atoms with van der Waals surface area (Å²) in [5, 5.41) is 1.20. The van der Waals surface area contributed by atoms with Crippen molar-refractivity contribution in [3.05, 3.63) is 48.2 Å². The smallest absolute Gasteiger partial charge is 0.148 e. The van der Waals surface area contributed by atoms with E-state index in [-0.39, 0.29) is 0 Å². The lowest BCUT2D eigenvalue weighted by molar-refractivity contribution is 0.313. The van der Waals surface area contributed by atoms with Crippen LogP contribution in [-0.2, 0) is 0 Å². The van der Waals surface area contributed by atoms with Crippen LogP contribution in [0.5, 0.6) is 0 Å². The van der Waals surface area contributed by atoms with E-state index in [4.69, 9.17) is 9.97 Å². The van der Waals surface area contributed by atoms with Gasteiger partial charge in [-0.2, -0.15) is 0 Å². The quantitative estimate of drug-likeness (QED) is 0.537. The third-order valence-corrected chi connectivity index (χ3v) is 5.19. The number of hydrogen-bond donors (Lipinski definition) is 0. The van der Waals surface area contributed by atoms with Crippen LogP contribution >= 0.6 is 0 Å². The fourth-order valence-electron chi connectivity index (χ4n) is 3.83. The number of piperazine rings is 1. The van der Waals surface area contributed by atoms with Crippen LogP contribution < -0.4 is 4.90 Å². The Balaban J connectivity index is 1.81. The molecular weight excluding hydrogens is 310 g/mol. The number of anilines is 1. The SMILES string of the molecule is Cc1cc(N2CCN(C)CC2)c2ccc3nc4ccccc4n3c2n1. The van der Waals surface area contributed by atoms with E-state index in [2.05, 4.69) is 64.6 Å². The zero-order chi connectivity index (χ0) is 17.0. The Kier molecular flexibility index (Phi) is 3.18. The maximum atomic E-state index is 4.88. The summed E-state index contributed by atoms with van der Waals surface area (Å²) in [4.78, 5) is 14.5. The summed E-state index contributed by atoms with van der Waals surface area (Å²) in [6, 6.07) is 14.8. The van der Waals surface area contributed by atoms with E-state index in [1.54, 1.807) is 0 Å². The van der Waals surface area contributed by atoms with E-state index in [0.717, 1.165) is 54.2 Å². The predicted molar refractivity (Wildman–Crippen MR) is 102 cm³/mol. The molecule has 0 unspecified atom stereocenters. The molecule has 0 saturated carbocycles. The highest BCUT2D eigenvalue weighted by Crippen LogP contribution is 2.30. The number of imidazole rings is 1. The molecule has 25 heavy (non-hydrogen) atoms. The molecule has 1 aliphatic rings. The summed E-state index contributed by atoms with van der Waals surface area (Å²) in [6.07, 6.45) is 0. The van der Waals surface area contributed by atoms with Crippen LogP contribution in [0.4, 0.5) is 5.69 Å². The second-order valence-electron chi connectivity index (χ2n) is 6.94. The largest absolute Gasteiger partial charge is 0.368 e. The van der Waals surface area contributed by atoms with E-state index >= 15 is 0 Å². The first-order valence-corrected chi connectivity index (χ1v) is 8.82. The monoisotopic (exact) mass is 331 g/mol. The first-order chi connectivity index (χ1) is 12.2. The van der Waals surface area contributed by atoms with Gasteiger partial charge in [-0.25, -0.2) is 9.97 Å². The molecule has 1 saturated heterocycles. The molecule has 4 heterocycles. The van der Waals surface area contributed by atoms with Gasteiger partial charge in [0.25, 0.3) is 0 Å². The molecule has 0 amide bonds. The molecule has 0 radical (unpaired) electrons. The van der Waals surface area contributed by atoms with Gasteiger partial charge < -0.3 is 9.80 Å². The molecular formula is C20H21N5. The van der Waals surface area contributed by atoms with Crippen molar-refractivity contribution < 1.29 is 0 Å². The van der Waals surface area contributed by atoms with Crippen molar-refractivity contribution in [3.63, 3.8) is 0 Å². The lowest BCUT2D eigenvalue weighted by Gasteiger charge is -2.34. The molecule has 1 aromatic carbocycles. The highest BCUT2D eigenvalue weighted by atomic mass is 15.2. The zero-order valence-corrected chi connectivity index (χ0v) is 14.6. The lowest BCUT2D eigenvalue weighted by atomic mass is 10.1. The molecule has 126 valence electrons. The molecule has 1 fully saturated rings. The molecule has 0 aliphatic carbocycles. The Hall–Kier alpha value is -2.66. The van der Waals surface area contributed by atoms with Gasteiger partial charge in [-0.3, -0.25) is 4.40 Å². The Labute approximate surface area is 146 Å². The van der Waals surface area contributed by atoms with Crippen molar-refractivity contribution in [3.8, 4) is 0 Å². The average Bonchev–Trinajstić information content (AvgIpc) is 3.00. The fraction of sp³-hybridized carbons (Fsp3) is 0.300. The number of benzene rings is 1. The molecule has 5 rings (SSSR count). The number of rotatable bonds is 1. The number of pyridine rings is 2. The van der Waals surface area contributed by atoms with Gasteiger partial charge >= 0.3 is 0 Å². The first kappa shape index (κ1) is 14.7. The second kappa shape index (κ2) is 5.43. The first-order valence-electron chi connectivity index (χ1n) is 8.82. The Morgan fingerprint density at radius 2 is 1.72 bits per heavy atom. The second-order valence-corrected chi connectivity index (χ2v) is 6.94. The highest BCUT2D eigenvalue weighted by Gasteiger charge is 2.19. The van der Waals surface area contributed by atoms with Gasteiger partial charge in [0.1, 0.15) is 11.3 Å². The van der Waals surface area contributed by atoms with Crippen LogP contribution in [0.2, 0.25) is 0 Å². The van der Waals surface area contributed by atoms with Crippen LogP contribution in [-0.4, -0.2) is 52.5 Å². The molecule has 0 atom stereocenters. The number of para-hydroxylation sites is 2. The topological polar surface area (TPSA) is 36.7 Å². The van der Waals surface area contributed by atoms with Crippen LogP contribution in [0.3, 0.4) is 0 Å². The van der Waals surface area contributed by atoms with Crippen molar-refractivity contribution in [1.82, 2.24) is 19.3 Å². The summed E-state index contributed by atoms with van der Waals surface area (Å²) in [5.41, 5.74) is 6.42. The zero-order valence-electron chi connectivity index (χ0n) is 14.6. The maximum Gasteiger partial charge on any atom is 0.148 e. The van der Waals surface area contributed by atoms with E-state index in [1.165, 1.54) is 11.1 Å². The standard InChI is InChI=1S/C20H21N5/c1-14-13-18(24-11-9-23(2)10-12-24)15-7-8-19-22-16-5-3-4-6-17(16)25(19)20(15)21-14/h3-8,13H,9-12H2,1-2H3. The third-order valence-electron chi connectivity index (χ3n) is 5.19. The van der Waals surface area contributed by atoms with Gasteiger partial charge in [0.2, 0.25) is 0 Å². The minimum absolute atomic E-state index is 0.955. The number of nitrogens with zero attached hydrogens (tertiary/aromatic N) is 5. The molecule has 5 nitrogen and oxygen atoms in total. The number of aromatic nitrogens is 3. The Morgan fingerprint density at radius 3 is 2.56 bits per heavy atom. The van der Waals surface area contributed by atoms with Gasteiger partial charge in [0, 0.05) is 42.9 Å². The molecule has 3 aromatic heterocycles. The summed E-state index contributed by atoms with van der Waals surface area (Å²) in [7, 11) is 2.19. The molecule has 1 aliphatic heterocycles. The highest BCUT2D eigenvalue weighted by molar-refractivity contribution is 5.95. The summed E-state index contributed by atoms with van der Waals surface area (Å²) in [5.74, 6) is 0. The number of likely N-dealkylation sites (N-methyl/N-ethyl adjacent to an activating group) is 1. The molecule has 0 bridgehead atoms. The van der Waals surface area contributed by atoms with Crippen molar-refractivity contribution in [2.75, 3.05) is 38.1 Å². The van der Waals surface area contributed by atoms with Gasteiger partial charge in [-0.05, 0) is 44.3 Å². The normalized spacial score (nSPS) is 16.3. The van der Waals surface area contributed by atoms with Crippen LogP contribution in [0, 0.1) is 6.92 Å². The van der Waals surface area contributed by atoms with Gasteiger partial charge in [0.05, 0.1) is 11.0 Å². The summed E-state index contributed by atoms with van der Waals surface area (Å²) >= 11 is 0. The number of aryl methyl sites for hydroxylation is 1. The van der Waals surface area contributed by atoms with E-state index in [0.29, 0.717) is 0 Å². The van der Waals surface area contributed by atoms with E-state index < -0.39 is 0 Å². The predicted octanol–water partition coefficient (Wildman–Crippen LogP) is 3.10. The van der Waals surface area contributed by atoms with Crippen molar-refractivity contribution in [2.24, 2.45) is 0 Å². The molecule has 0 N–H and O–H groups in total. The Morgan fingerprint density at radius 1 is 0.920 bits per heavy atom. The van der Waals surface area contributed by atoms with Crippen LogP contribution in [0.25, 0.3) is 27.7 Å². The van der Waals surface area contributed by atoms with Crippen molar-refractivity contribution >= 4 is 33.4 Å². The fourth-order valence-corrected chi connectivity index (χ4v) is 3.83. The minimum atomic E-state index is 0.955. The van der Waals surface area contributed by atoms with E-state index in [9.17, 15) is 0 Å². The van der Waals surface area contributed by atoms with E-state index in [1.807, 2.05) is 6.07 Å². The Bertz CT molecular complexity index is 1090. The van der Waals surface area contributed by atoms with Crippen molar-refractivity contribution in [2.45, 2.75) is 6.92 Å². The van der Waals surface area contributed by atoms with Crippen LogP contribution in [0.1, 0.15) is 5.69 Å². The van der Waals surface area contributed by atoms with Gasteiger partial charge in [-0.1, -0.05) is 12.1 Å². The number of hydrogen-bond acceptors (Lipinski definition) is 4. The molecule has 5 heteroatoms. The maximum absolute atomic E-state index is 4.88.